The van der Waals surface area contributed by atoms with Crippen LogP contribution in [-0.2, 0) is 15.7 Å². The van der Waals surface area contributed by atoms with E-state index in [0.29, 0.717) is 12.7 Å². The van der Waals surface area contributed by atoms with Gasteiger partial charge in [-0.2, -0.15) is 13.2 Å². The van der Waals surface area contributed by atoms with E-state index in [0.717, 1.165) is 12.1 Å². The Balaban J connectivity index is 1.97. The second kappa shape index (κ2) is 5.21. The van der Waals surface area contributed by atoms with Crippen LogP contribution in [0, 0.1) is 5.82 Å². The van der Waals surface area contributed by atoms with E-state index < -0.39 is 23.3 Å². The average molecular weight is 293 g/mol. The van der Waals surface area contributed by atoms with Crippen molar-refractivity contribution >= 4 is 5.69 Å². The van der Waals surface area contributed by atoms with E-state index in [1.54, 1.807) is 13.8 Å². The molecule has 1 aliphatic rings. The molecule has 1 unspecified atom stereocenters. The standard InChI is InChI=1S/C13H15F4NO2/c1-12(2)19-7-9(20-12)6-18-11-4-3-8(5-10(11)14)13(15,16)17/h3-5,9,18H,6-7H2,1-2H3. The summed E-state index contributed by atoms with van der Waals surface area (Å²) in [5.41, 5.74) is -1.01. The molecule has 0 spiro atoms. The summed E-state index contributed by atoms with van der Waals surface area (Å²) in [6.45, 7) is 4.12. The molecule has 0 amide bonds. The molecule has 0 radical (unpaired) electrons. The lowest BCUT2D eigenvalue weighted by Crippen LogP contribution is -2.26. The van der Waals surface area contributed by atoms with Crippen molar-refractivity contribution in [1.29, 1.82) is 0 Å². The number of anilines is 1. The Morgan fingerprint density at radius 2 is 2.05 bits per heavy atom. The maximum atomic E-state index is 13.6. The van der Waals surface area contributed by atoms with Crippen LogP contribution in [0.25, 0.3) is 0 Å². The number of benzene rings is 1. The van der Waals surface area contributed by atoms with Crippen LogP contribution in [0.2, 0.25) is 0 Å². The third-order valence-corrected chi connectivity index (χ3v) is 2.88. The average Bonchev–Trinajstić information content (AvgIpc) is 2.66. The summed E-state index contributed by atoms with van der Waals surface area (Å²) < 4.78 is 61.6. The van der Waals surface area contributed by atoms with Gasteiger partial charge in [-0.3, -0.25) is 0 Å². The lowest BCUT2D eigenvalue weighted by atomic mass is 10.2. The van der Waals surface area contributed by atoms with Crippen LogP contribution >= 0.6 is 0 Å². The summed E-state index contributed by atoms with van der Waals surface area (Å²) >= 11 is 0. The number of alkyl halides is 3. The molecule has 1 aromatic rings. The number of rotatable bonds is 3. The second-order valence-electron chi connectivity index (χ2n) is 5.02. The summed E-state index contributed by atoms with van der Waals surface area (Å²) in [7, 11) is 0. The number of hydrogen-bond acceptors (Lipinski definition) is 3. The highest BCUT2D eigenvalue weighted by atomic mass is 19.4. The molecule has 1 fully saturated rings. The number of nitrogens with one attached hydrogen (secondary N) is 1. The molecule has 20 heavy (non-hydrogen) atoms. The minimum Gasteiger partial charge on any atom is -0.380 e. The van der Waals surface area contributed by atoms with Gasteiger partial charge in [0, 0.05) is 6.54 Å². The second-order valence-corrected chi connectivity index (χ2v) is 5.02. The van der Waals surface area contributed by atoms with Gasteiger partial charge >= 0.3 is 6.18 Å². The van der Waals surface area contributed by atoms with Gasteiger partial charge in [0.25, 0.3) is 0 Å². The highest BCUT2D eigenvalue weighted by Crippen LogP contribution is 2.31. The Morgan fingerprint density at radius 3 is 2.55 bits per heavy atom. The summed E-state index contributed by atoms with van der Waals surface area (Å²) in [6, 6.07) is 2.37. The highest BCUT2D eigenvalue weighted by molar-refractivity contribution is 5.47. The molecular formula is C13H15F4NO2. The Bertz CT molecular complexity index is 488. The van der Waals surface area contributed by atoms with E-state index >= 15 is 0 Å². The molecule has 2 rings (SSSR count). The van der Waals surface area contributed by atoms with Crippen molar-refractivity contribution in [1.82, 2.24) is 0 Å². The van der Waals surface area contributed by atoms with Crippen molar-refractivity contribution in [3.8, 4) is 0 Å². The van der Waals surface area contributed by atoms with Crippen molar-refractivity contribution in [2.24, 2.45) is 0 Å². The van der Waals surface area contributed by atoms with Gasteiger partial charge in [-0.05, 0) is 32.0 Å². The van der Waals surface area contributed by atoms with E-state index in [2.05, 4.69) is 5.32 Å². The van der Waals surface area contributed by atoms with E-state index in [4.69, 9.17) is 9.47 Å². The molecule has 112 valence electrons. The summed E-state index contributed by atoms with van der Waals surface area (Å²) in [6.07, 6.45) is -4.82. The third-order valence-electron chi connectivity index (χ3n) is 2.88. The Kier molecular flexibility index (Phi) is 3.93. The molecule has 1 atom stereocenters. The first-order valence-electron chi connectivity index (χ1n) is 6.10. The zero-order chi connectivity index (χ0) is 15.0. The molecule has 0 saturated carbocycles. The fraction of sp³-hybridized carbons (Fsp3) is 0.538. The molecule has 1 saturated heterocycles. The van der Waals surface area contributed by atoms with Crippen LogP contribution in [0.4, 0.5) is 23.2 Å². The largest absolute Gasteiger partial charge is 0.416 e. The quantitative estimate of drug-likeness (QED) is 0.866. The van der Waals surface area contributed by atoms with E-state index in [-0.39, 0.29) is 18.3 Å². The van der Waals surface area contributed by atoms with Crippen molar-refractivity contribution in [3.63, 3.8) is 0 Å². The van der Waals surface area contributed by atoms with Crippen molar-refractivity contribution < 1.29 is 27.0 Å². The number of hydrogen-bond donors (Lipinski definition) is 1. The first-order valence-corrected chi connectivity index (χ1v) is 6.10. The predicted octanol–water partition coefficient (Wildman–Crippen LogP) is 3.41. The van der Waals surface area contributed by atoms with Crippen LogP contribution in [-0.4, -0.2) is 25.0 Å². The van der Waals surface area contributed by atoms with Crippen LogP contribution in [0.15, 0.2) is 18.2 Å². The minimum atomic E-state index is -4.55. The monoisotopic (exact) mass is 293 g/mol. The first-order chi connectivity index (χ1) is 9.17. The molecule has 1 aromatic carbocycles. The SMILES string of the molecule is CC1(C)OCC(CNc2ccc(C(F)(F)F)cc2F)O1. The van der Waals surface area contributed by atoms with Crippen LogP contribution in [0.1, 0.15) is 19.4 Å². The maximum Gasteiger partial charge on any atom is 0.416 e. The summed E-state index contributed by atoms with van der Waals surface area (Å²) in [5, 5.41) is 2.72. The lowest BCUT2D eigenvalue weighted by Gasteiger charge is -2.18. The zero-order valence-corrected chi connectivity index (χ0v) is 11.1. The molecule has 1 aliphatic heterocycles. The lowest BCUT2D eigenvalue weighted by molar-refractivity contribution is -0.138. The molecule has 0 aliphatic carbocycles. The van der Waals surface area contributed by atoms with Crippen molar-refractivity contribution in [2.75, 3.05) is 18.5 Å². The van der Waals surface area contributed by atoms with Gasteiger partial charge < -0.3 is 14.8 Å². The van der Waals surface area contributed by atoms with Gasteiger partial charge in [0.15, 0.2) is 5.79 Å². The number of halogens is 4. The van der Waals surface area contributed by atoms with Gasteiger partial charge in [0.2, 0.25) is 0 Å². The molecule has 7 heteroatoms. The molecule has 0 aromatic heterocycles. The zero-order valence-electron chi connectivity index (χ0n) is 11.1. The van der Waals surface area contributed by atoms with Gasteiger partial charge in [-0.15, -0.1) is 0 Å². The molecule has 1 N–H and O–H groups in total. The Morgan fingerprint density at radius 1 is 1.35 bits per heavy atom. The molecule has 1 heterocycles. The van der Waals surface area contributed by atoms with Crippen LogP contribution < -0.4 is 5.32 Å². The first kappa shape index (κ1) is 15.1. The highest BCUT2D eigenvalue weighted by Gasteiger charge is 2.33. The van der Waals surface area contributed by atoms with E-state index in [1.807, 2.05) is 0 Å². The normalized spacial score (nSPS) is 22.0. The fourth-order valence-corrected chi connectivity index (χ4v) is 1.92. The Hall–Kier alpha value is -1.34. The summed E-state index contributed by atoms with van der Waals surface area (Å²) in [4.78, 5) is 0. The summed E-state index contributed by atoms with van der Waals surface area (Å²) in [5.74, 6) is -1.64. The topological polar surface area (TPSA) is 30.5 Å². The van der Waals surface area contributed by atoms with E-state index in [9.17, 15) is 17.6 Å². The van der Waals surface area contributed by atoms with E-state index in [1.165, 1.54) is 0 Å². The van der Waals surface area contributed by atoms with Crippen molar-refractivity contribution in [3.05, 3.63) is 29.6 Å². The minimum absolute atomic E-state index is 0.00584. The number of ether oxygens (including phenoxy) is 2. The molecular weight excluding hydrogens is 278 g/mol. The van der Waals surface area contributed by atoms with Gasteiger partial charge in [-0.25, -0.2) is 4.39 Å². The van der Waals surface area contributed by atoms with Gasteiger partial charge in [0.1, 0.15) is 11.9 Å². The van der Waals surface area contributed by atoms with Crippen molar-refractivity contribution in [2.45, 2.75) is 31.9 Å². The smallest absolute Gasteiger partial charge is 0.380 e. The van der Waals surface area contributed by atoms with Gasteiger partial charge in [-0.1, -0.05) is 0 Å². The van der Waals surface area contributed by atoms with Crippen LogP contribution in [0.3, 0.4) is 0 Å². The fourth-order valence-electron chi connectivity index (χ4n) is 1.92. The maximum absolute atomic E-state index is 13.6. The van der Waals surface area contributed by atoms with Crippen LogP contribution in [0.5, 0.6) is 0 Å². The molecule has 0 bridgehead atoms. The third kappa shape index (κ3) is 3.61. The Labute approximate surface area is 113 Å². The van der Waals surface area contributed by atoms with Gasteiger partial charge in [0.05, 0.1) is 17.9 Å². The predicted molar refractivity (Wildman–Crippen MR) is 64.8 cm³/mol. The molecule has 3 nitrogen and oxygen atoms in total.